The van der Waals surface area contributed by atoms with E-state index in [1.165, 1.54) is 5.56 Å². The molecule has 1 amide bonds. The van der Waals surface area contributed by atoms with Gasteiger partial charge in [-0.2, -0.15) is 0 Å². The van der Waals surface area contributed by atoms with Gasteiger partial charge in [-0.05, 0) is 29.7 Å². The average Bonchev–Trinajstić information content (AvgIpc) is 2.72. The molecule has 0 aliphatic carbocycles. The second-order valence-corrected chi connectivity index (χ2v) is 6.37. The SMILES string of the molecule is O=C(c1ccccc1)N1CCc2ccc(OCc3ccccc3)nc2C1. The van der Waals surface area contributed by atoms with Gasteiger partial charge in [0.2, 0.25) is 5.88 Å². The van der Waals surface area contributed by atoms with Crippen LogP contribution < -0.4 is 4.74 Å². The van der Waals surface area contributed by atoms with E-state index in [1.54, 1.807) is 0 Å². The molecule has 0 unspecified atom stereocenters. The first kappa shape index (κ1) is 16.3. The zero-order valence-corrected chi connectivity index (χ0v) is 14.5. The van der Waals surface area contributed by atoms with Gasteiger partial charge in [-0.3, -0.25) is 4.79 Å². The number of amides is 1. The third-order valence-corrected chi connectivity index (χ3v) is 4.57. The monoisotopic (exact) mass is 344 g/mol. The van der Waals surface area contributed by atoms with Crippen molar-refractivity contribution in [2.45, 2.75) is 19.6 Å². The number of ether oxygens (including phenoxy) is 1. The number of nitrogens with zero attached hydrogens (tertiary/aromatic N) is 2. The Bertz CT molecular complexity index is 895. The van der Waals surface area contributed by atoms with Crippen molar-refractivity contribution < 1.29 is 9.53 Å². The summed E-state index contributed by atoms with van der Waals surface area (Å²) in [6, 6.07) is 23.4. The van der Waals surface area contributed by atoms with E-state index in [1.807, 2.05) is 71.6 Å². The molecule has 4 heteroatoms. The van der Waals surface area contributed by atoms with Gasteiger partial charge in [-0.1, -0.05) is 54.6 Å². The first-order chi connectivity index (χ1) is 12.8. The molecule has 4 nitrogen and oxygen atoms in total. The number of carbonyl (C=O) groups excluding carboxylic acids is 1. The maximum atomic E-state index is 12.7. The second-order valence-electron chi connectivity index (χ2n) is 6.37. The predicted molar refractivity (Wildman–Crippen MR) is 99.9 cm³/mol. The molecule has 3 aromatic rings. The lowest BCUT2D eigenvalue weighted by atomic mass is 10.0. The molecular weight excluding hydrogens is 324 g/mol. The summed E-state index contributed by atoms with van der Waals surface area (Å²) in [5, 5.41) is 0. The zero-order chi connectivity index (χ0) is 17.8. The third kappa shape index (κ3) is 3.59. The number of rotatable bonds is 4. The Morgan fingerprint density at radius 3 is 2.46 bits per heavy atom. The summed E-state index contributed by atoms with van der Waals surface area (Å²) in [6.07, 6.45) is 0.819. The van der Waals surface area contributed by atoms with Gasteiger partial charge in [-0.25, -0.2) is 4.98 Å². The van der Waals surface area contributed by atoms with Crippen LogP contribution in [-0.2, 0) is 19.6 Å². The first-order valence-electron chi connectivity index (χ1n) is 8.79. The van der Waals surface area contributed by atoms with Gasteiger partial charge in [0.05, 0.1) is 12.2 Å². The Balaban J connectivity index is 1.47. The van der Waals surface area contributed by atoms with E-state index in [0.717, 1.165) is 17.7 Å². The van der Waals surface area contributed by atoms with E-state index in [4.69, 9.17) is 4.74 Å². The molecule has 1 aliphatic heterocycles. The second kappa shape index (κ2) is 7.40. The van der Waals surface area contributed by atoms with Gasteiger partial charge in [0.1, 0.15) is 6.61 Å². The van der Waals surface area contributed by atoms with E-state index >= 15 is 0 Å². The first-order valence-corrected chi connectivity index (χ1v) is 8.79. The highest BCUT2D eigenvalue weighted by Gasteiger charge is 2.23. The van der Waals surface area contributed by atoms with Crippen LogP contribution in [0.15, 0.2) is 72.8 Å². The molecule has 0 atom stereocenters. The smallest absolute Gasteiger partial charge is 0.254 e. The van der Waals surface area contributed by atoms with Crippen LogP contribution in [0.2, 0.25) is 0 Å². The summed E-state index contributed by atoms with van der Waals surface area (Å²) >= 11 is 0. The topological polar surface area (TPSA) is 42.4 Å². The van der Waals surface area contributed by atoms with Gasteiger partial charge in [0.25, 0.3) is 5.91 Å². The molecular formula is C22H20N2O2. The van der Waals surface area contributed by atoms with Crippen molar-refractivity contribution in [2.75, 3.05) is 6.54 Å². The van der Waals surface area contributed by atoms with Crippen LogP contribution in [-0.4, -0.2) is 22.3 Å². The Hall–Kier alpha value is -3.14. The van der Waals surface area contributed by atoms with Crippen LogP contribution in [0.25, 0.3) is 0 Å². The maximum Gasteiger partial charge on any atom is 0.254 e. The summed E-state index contributed by atoms with van der Waals surface area (Å²) in [7, 11) is 0. The van der Waals surface area contributed by atoms with Crippen LogP contribution in [0, 0.1) is 0 Å². The number of hydrogen-bond donors (Lipinski definition) is 0. The molecule has 4 rings (SSSR count). The molecule has 0 radical (unpaired) electrons. The Kier molecular flexibility index (Phi) is 4.65. The van der Waals surface area contributed by atoms with Crippen LogP contribution >= 0.6 is 0 Å². The highest BCUT2D eigenvalue weighted by atomic mass is 16.5. The van der Waals surface area contributed by atoms with Crippen molar-refractivity contribution in [2.24, 2.45) is 0 Å². The minimum atomic E-state index is 0.0497. The molecule has 0 spiro atoms. The number of pyridine rings is 1. The summed E-state index contributed by atoms with van der Waals surface area (Å²) in [4.78, 5) is 19.2. The molecule has 0 bridgehead atoms. The molecule has 1 aliphatic rings. The highest BCUT2D eigenvalue weighted by molar-refractivity contribution is 5.94. The minimum Gasteiger partial charge on any atom is -0.473 e. The molecule has 0 fully saturated rings. The largest absolute Gasteiger partial charge is 0.473 e. The Labute approximate surface area is 153 Å². The summed E-state index contributed by atoms with van der Waals surface area (Å²) < 4.78 is 5.82. The van der Waals surface area contributed by atoms with E-state index in [9.17, 15) is 4.79 Å². The van der Waals surface area contributed by atoms with Crippen molar-refractivity contribution in [3.63, 3.8) is 0 Å². The molecule has 2 aromatic carbocycles. The molecule has 0 saturated carbocycles. The van der Waals surface area contributed by atoms with Crippen molar-refractivity contribution >= 4 is 5.91 Å². The lowest BCUT2D eigenvalue weighted by Gasteiger charge is -2.28. The van der Waals surface area contributed by atoms with Crippen LogP contribution in [0.3, 0.4) is 0 Å². The lowest BCUT2D eigenvalue weighted by Crippen LogP contribution is -2.36. The number of hydrogen-bond acceptors (Lipinski definition) is 3. The van der Waals surface area contributed by atoms with Gasteiger partial charge < -0.3 is 9.64 Å². The molecule has 0 saturated heterocycles. The molecule has 0 N–H and O–H groups in total. The molecule has 130 valence electrons. The van der Waals surface area contributed by atoms with Crippen LogP contribution in [0.1, 0.15) is 27.2 Å². The molecule has 2 heterocycles. The highest BCUT2D eigenvalue weighted by Crippen LogP contribution is 2.22. The van der Waals surface area contributed by atoms with E-state index in [0.29, 0.717) is 31.1 Å². The minimum absolute atomic E-state index is 0.0497. The van der Waals surface area contributed by atoms with Gasteiger partial charge >= 0.3 is 0 Å². The van der Waals surface area contributed by atoms with E-state index in [-0.39, 0.29) is 5.91 Å². The zero-order valence-electron chi connectivity index (χ0n) is 14.5. The number of aromatic nitrogens is 1. The van der Waals surface area contributed by atoms with Crippen molar-refractivity contribution in [1.29, 1.82) is 0 Å². The molecule has 1 aromatic heterocycles. The Morgan fingerprint density at radius 1 is 0.962 bits per heavy atom. The fraction of sp³-hybridized carbons (Fsp3) is 0.182. The Morgan fingerprint density at radius 2 is 1.69 bits per heavy atom. The number of fused-ring (bicyclic) bond motifs is 1. The fourth-order valence-corrected chi connectivity index (χ4v) is 3.14. The molecule has 26 heavy (non-hydrogen) atoms. The van der Waals surface area contributed by atoms with Crippen molar-refractivity contribution in [3.05, 3.63) is 95.2 Å². The van der Waals surface area contributed by atoms with E-state index in [2.05, 4.69) is 11.1 Å². The van der Waals surface area contributed by atoms with Crippen LogP contribution in [0.4, 0.5) is 0 Å². The standard InChI is InChI=1S/C22H20N2O2/c25-22(19-9-5-2-6-10-19)24-14-13-18-11-12-21(23-20(18)15-24)26-16-17-7-3-1-4-8-17/h1-12H,13-16H2. The summed E-state index contributed by atoms with van der Waals surface area (Å²) in [5.74, 6) is 0.648. The lowest BCUT2D eigenvalue weighted by molar-refractivity contribution is 0.0731. The fourth-order valence-electron chi connectivity index (χ4n) is 3.14. The number of carbonyl (C=O) groups is 1. The van der Waals surface area contributed by atoms with Gasteiger partial charge in [-0.15, -0.1) is 0 Å². The average molecular weight is 344 g/mol. The normalized spacial score (nSPS) is 13.2. The predicted octanol–water partition coefficient (Wildman–Crippen LogP) is 3.86. The van der Waals surface area contributed by atoms with E-state index < -0.39 is 0 Å². The number of benzene rings is 2. The van der Waals surface area contributed by atoms with Gasteiger partial charge in [0, 0.05) is 18.2 Å². The van der Waals surface area contributed by atoms with Crippen molar-refractivity contribution in [3.8, 4) is 5.88 Å². The summed E-state index contributed by atoms with van der Waals surface area (Å²) in [6.45, 7) is 1.72. The third-order valence-electron chi connectivity index (χ3n) is 4.57. The maximum absolute atomic E-state index is 12.7. The van der Waals surface area contributed by atoms with Crippen LogP contribution in [0.5, 0.6) is 5.88 Å². The van der Waals surface area contributed by atoms with Crippen molar-refractivity contribution in [1.82, 2.24) is 9.88 Å². The summed E-state index contributed by atoms with van der Waals surface area (Å²) in [5.41, 5.74) is 3.93. The quantitative estimate of drug-likeness (QED) is 0.722. The van der Waals surface area contributed by atoms with Gasteiger partial charge in [0.15, 0.2) is 0 Å².